The molecule has 28 heteroatoms. The van der Waals surface area contributed by atoms with Crippen molar-refractivity contribution in [1.82, 2.24) is 15.0 Å². The predicted molar refractivity (Wildman–Crippen MR) is 193 cm³/mol. The molecule has 6 rings (SSSR count). The first-order chi connectivity index (χ1) is 26.6. The number of benzene rings is 5. The van der Waals surface area contributed by atoms with E-state index in [0.29, 0.717) is 28.5 Å². The van der Waals surface area contributed by atoms with Crippen LogP contribution < -0.4 is 186 Å². The Morgan fingerprint density at radius 1 is 0.729 bits per heavy atom. The largest absolute Gasteiger partial charge is 1.00 e. The van der Waals surface area contributed by atoms with Crippen LogP contribution in [0.2, 0.25) is 0 Å². The van der Waals surface area contributed by atoms with Crippen molar-refractivity contribution in [1.29, 1.82) is 0 Å². The van der Waals surface area contributed by atoms with E-state index < -0.39 is 35.7 Å². The zero-order valence-electron chi connectivity index (χ0n) is 31.3. The molecule has 0 aliphatic carbocycles. The molecule has 0 aliphatic rings. The zero-order chi connectivity index (χ0) is 40.4. The fraction of sp³-hybridized carbons (Fsp3) is 0.0645. The third kappa shape index (κ3) is 12.4. The van der Waals surface area contributed by atoms with Gasteiger partial charge in [0.1, 0.15) is 54.5 Å². The van der Waals surface area contributed by atoms with Gasteiger partial charge in [0.25, 0.3) is 0 Å². The van der Waals surface area contributed by atoms with Gasteiger partial charge in [-0.05, 0) is 41.8 Å². The van der Waals surface area contributed by atoms with E-state index in [2.05, 4.69) is 50.1 Å². The van der Waals surface area contributed by atoms with Crippen LogP contribution in [0.5, 0.6) is 17.2 Å². The molecule has 1 heterocycles. The van der Waals surface area contributed by atoms with Gasteiger partial charge in [0.2, 0.25) is 17.8 Å². The van der Waals surface area contributed by atoms with Crippen LogP contribution in [0.1, 0.15) is 0 Å². The van der Waals surface area contributed by atoms with Crippen molar-refractivity contribution in [3.63, 3.8) is 0 Å². The van der Waals surface area contributed by atoms with Gasteiger partial charge in [-0.15, -0.1) is 20.5 Å². The second-order valence-electron chi connectivity index (χ2n) is 11.0. The fourth-order valence-corrected chi connectivity index (χ4v) is 7.31. The van der Waals surface area contributed by atoms with Crippen LogP contribution in [-0.2, 0) is 29.6 Å². The third-order valence-electron chi connectivity index (χ3n) is 7.60. The van der Waals surface area contributed by atoms with Crippen molar-refractivity contribution in [2.75, 3.05) is 31.0 Å². The zero-order valence-corrected chi connectivity index (χ0v) is 43.1. The van der Waals surface area contributed by atoms with Crippen LogP contribution in [-0.4, -0.2) is 60.2 Å². The standard InChI is InChI=1S/C31H26N10O12S3.3K/c1-50-22-13-21(23(51-2)12-20(22)39-38-19-9-8-17-18(28(19)56(47,48)49)4-3-5-25(17)55(44,45)46)40-41-26-24(54-53-52-43)11-14-10-15(6-7-16(14)27(26)42)34-31-36-29(32)35-30(33)37-31;;;/h3-13,42-43H,1-2H3,(H,44,45,46)(H,47,48,49)(H5,32,33,34,35,36,37);;;/q;3*+1/p-3. The van der Waals surface area contributed by atoms with Crippen LogP contribution in [0, 0.1) is 0 Å². The average Bonchev–Trinajstić information content (AvgIpc) is 3.13. The number of phenols is 1. The first kappa shape index (κ1) is 51.9. The van der Waals surface area contributed by atoms with Crippen LogP contribution in [0.3, 0.4) is 0 Å². The Bertz CT molecular complexity index is 2810. The maximum atomic E-state index is 12.4. The van der Waals surface area contributed by atoms with Crippen molar-refractivity contribution in [3.8, 4) is 17.2 Å². The Morgan fingerprint density at radius 3 is 1.90 bits per heavy atom. The number of nitrogens with zero attached hydrogens (tertiary/aromatic N) is 7. The van der Waals surface area contributed by atoms with Crippen LogP contribution >= 0.6 is 12.0 Å². The van der Waals surface area contributed by atoms with Gasteiger partial charge in [0, 0.05) is 34.0 Å². The number of rotatable bonds is 13. The number of fused-ring (bicyclic) bond motifs is 2. The molecule has 0 saturated heterocycles. The van der Waals surface area contributed by atoms with Gasteiger partial charge in [-0.2, -0.15) is 19.3 Å². The maximum Gasteiger partial charge on any atom is 1.00 e. The molecule has 0 radical (unpaired) electrons. The number of methoxy groups -OCH3 is 2. The SMILES string of the molecule is COc1cc(N=Nc2c(SOO[O-])cc3cc(Nc4nc(N)nc(N)n4)ccc3c2O)c(OC)cc1N=Nc1ccc2c(S(=O)(=O)[O-])cccc2c1S(=O)(=O)[O-].[K+].[K+].[K+]. The third-order valence-corrected chi connectivity index (χ3v) is 10.0. The number of aromatic nitrogens is 3. The molecule has 0 fully saturated rings. The molecule has 22 nitrogen and oxygen atoms in total. The van der Waals surface area contributed by atoms with Crippen LogP contribution in [0.15, 0.2) is 102 Å². The number of anilines is 4. The summed E-state index contributed by atoms with van der Waals surface area (Å²) in [7, 11) is -7.78. The van der Waals surface area contributed by atoms with Gasteiger partial charge in [-0.3, -0.25) is 5.04 Å². The van der Waals surface area contributed by atoms with E-state index in [1.54, 1.807) is 18.2 Å². The maximum absolute atomic E-state index is 12.4. The Balaban J connectivity index is 0.00000310. The van der Waals surface area contributed by atoms with E-state index in [9.17, 15) is 36.3 Å². The van der Waals surface area contributed by atoms with E-state index in [1.165, 1.54) is 32.4 Å². The summed E-state index contributed by atoms with van der Waals surface area (Å²) in [6, 6.07) is 14.2. The summed E-state index contributed by atoms with van der Waals surface area (Å²) < 4.78 is 87.8. The summed E-state index contributed by atoms with van der Waals surface area (Å²) in [4.78, 5) is 10.1. The summed E-state index contributed by atoms with van der Waals surface area (Å²) in [6.45, 7) is 0. The molecular formula is C31H23K3N10O12S3. The predicted octanol–water partition coefficient (Wildman–Crippen LogP) is -4.31. The summed E-state index contributed by atoms with van der Waals surface area (Å²) in [5.41, 5.74) is 11.1. The van der Waals surface area contributed by atoms with Crippen molar-refractivity contribution in [2.45, 2.75) is 14.7 Å². The van der Waals surface area contributed by atoms with Crippen molar-refractivity contribution in [3.05, 3.63) is 66.7 Å². The Hall–Kier alpha value is -1.41. The smallest absolute Gasteiger partial charge is 0.744 e. The molecular weight excluding hydrogens is 918 g/mol. The van der Waals surface area contributed by atoms with Gasteiger partial charge in [-0.1, -0.05) is 18.2 Å². The molecule has 0 aliphatic heterocycles. The second kappa shape index (κ2) is 22.3. The minimum atomic E-state index is -5.30. The van der Waals surface area contributed by atoms with Gasteiger partial charge >= 0.3 is 154 Å². The van der Waals surface area contributed by atoms with E-state index in [0.717, 1.165) is 30.3 Å². The fourth-order valence-electron chi connectivity index (χ4n) is 5.32. The molecule has 0 saturated carbocycles. The molecule has 0 bridgehead atoms. The second-order valence-corrected chi connectivity index (χ2v) is 14.4. The number of phenolic OH excluding ortho intramolecular Hbond substituents is 1. The molecule has 6 aromatic rings. The van der Waals surface area contributed by atoms with Crippen LogP contribution in [0.25, 0.3) is 21.5 Å². The number of aromatic hydroxyl groups is 1. The minimum absolute atomic E-state index is 0. The first-order valence-corrected chi connectivity index (χ1v) is 18.7. The monoisotopic (exact) mass is 940 g/mol. The van der Waals surface area contributed by atoms with Gasteiger partial charge < -0.3 is 45.7 Å². The van der Waals surface area contributed by atoms with E-state index >= 15 is 0 Å². The Morgan fingerprint density at radius 2 is 1.32 bits per heavy atom. The molecule has 6 N–H and O–H groups in total. The van der Waals surface area contributed by atoms with Crippen LogP contribution in [0.4, 0.5) is 46.3 Å². The molecule has 0 spiro atoms. The number of nitrogens with one attached hydrogen (secondary N) is 1. The minimum Gasteiger partial charge on any atom is -0.744 e. The van der Waals surface area contributed by atoms with Gasteiger partial charge in [-0.25, -0.2) is 16.8 Å². The number of nitrogen functional groups attached to an aromatic ring is 2. The topological polar surface area (TPSA) is 347 Å². The number of ether oxygens (including phenoxy) is 2. The summed E-state index contributed by atoms with van der Waals surface area (Å²) in [6.07, 6.45) is 0. The van der Waals surface area contributed by atoms with E-state index in [-0.39, 0.29) is 222 Å². The van der Waals surface area contributed by atoms with Gasteiger partial charge in [0.15, 0.2) is 5.75 Å². The number of hydrogen-bond donors (Lipinski definition) is 4. The van der Waals surface area contributed by atoms with E-state index in [4.69, 9.17) is 20.9 Å². The summed E-state index contributed by atoms with van der Waals surface area (Å²) in [5.74, 6) is -0.516. The van der Waals surface area contributed by atoms with Crippen molar-refractivity contribution >= 4 is 100 Å². The normalized spacial score (nSPS) is 11.6. The van der Waals surface area contributed by atoms with Crippen molar-refractivity contribution < 1.29 is 209 Å². The number of azo groups is 2. The number of nitrogens with two attached hydrogens (primary N) is 2. The molecule has 290 valence electrons. The summed E-state index contributed by atoms with van der Waals surface area (Å²) in [5, 5.41) is 44.8. The van der Waals surface area contributed by atoms with Crippen molar-refractivity contribution in [2.24, 2.45) is 20.5 Å². The summed E-state index contributed by atoms with van der Waals surface area (Å²) >= 11 is 0.426. The molecule has 5 aromatic carbocycles. The molecule has 0 atom stereocenters. The first-order valence-electron chi connectivity index (χ1n) is 15.1. The van der Waals surface area contributed by atoms with E-state index in [1.807, 2.05) is 0 Å². The Labute approximate surface area is 466 Å². The molecule has 1 aromatic heterocycles. The molecule has 59 heavy (non-hydrogen) atoms. The number of hydrogen-bond acceptors (Lipinski definition) is 23. The Kier molecular flexibility index (Phi) is 19.6. The average molecular weight is 941 g/mol. The van der Waals surface area contributed by atoms with Gasteiger partial charge in [0.05, 0.1) is 40.9 Å². The quantitative estimate of drug-likeness (QED) is 0.0212. The molecule has 0 amide bonds. The molecule has 0 unspecified atom stereocenters.